The van der Waals surface area contributed by atoms with Gasteiger partial charge in [0.05, 0.1) is 19.6 Å². The number of carbonyl (C=O) groups excluding carboxylic acids is 2. The topological polar surface area (TPSA) is 124 Å². The van der Waals surface area contributed by atoms with E-state index in [1.165, 1.54) is 19.5 Å². The zero-order valence-electron chi connectivity index (χ0n) is 18.4. The summed E-state index contributed by atoms with van der Waals surface area (Å²) in [6.45, 7) is -0.389. The number of nitrogens with zero attached hydrogens (tertiary/aromatic N) is 3. The summed E-state index contributed by atoms with van der Waals surface area (Å²) >= 11 is 0. The number of amides is 1. The summed E-state index contributed by atoms with van der Waals surface area (Å²) in [5.74, 6) is -0.0405. The van der Waals surface area contributed by atoms with Crippen molar-refractivity contribution in [3.8, 4) is 5.75 Å². The van der Waals surface area contributed by atoms with Crippen LogP contribution in [0.2, 0.25) is 0 Å². The summed E-state index contributed by atoms with van der Waals surface area (Å²) in [6, 6.07) is 17.1. The number of ether oxygens (including phenoxy) is 2. The first kappa shape index (κ1) is 22.5. The highest BCUT2D eigenvalue weighted by Crippen LogP contribution is 2.25. The largest absolute Gasteiger partial charge is 0.497 e. The molecule has 10 nitrogen and oxygen atoms in total. The molecule has 10 heteroatoms. The molecule has 0 aliphatic rings. The van der Waals surface area contributed by atoms with E-state index in [1.54, 1.807) is 61.7 Å². The van der Waals surface area contributed by atoms with Gasteiger partial charge in [-0.15, -0.1) is 0 Å². The average Bonchev–Trinajstić information content (AvgIpc) is 2.87. The number of nitrogens with one attached hydrogen (secondary N) is 2. The second kappa shape index (κ2) is 9.82. The van der Waals surface area contributed by atoms with E-state index in [9.17, 15) is 14.4 Å². The number of hydrogen-bond acceptors (Lipinski definition) is 8. The van der Waals surface area contributed by atoms with Crippen molar-refractivity contribution in [3.05, 3.63) is 82.9 Å². The van der Waals surface area contributed by atoms with Crippen molar-refractivity contribution >= 4 is 40.1 Å². The number of rotatable bonds is 7. The molecule has 0 saturated carbocycles. The molecule has 2 aromatic heterocycles. The molecule has 34 heavy (non-hydrogen) atoms. The van der Waals surface area contributed by atoms with Crippen LogP contribution in [0.15, 0.2) is 71.8 Å². The number of carbonyl (C=O) groups is 2. The Hall–Kier alpha value is -4.73. The standard InChI is InChI=1S/C24H21N5O5/c1-33-17-10-8-16(9-11-17)27-21-18-12-19(28-23(31)15-6-4-3-5-7-15)24(32)29(13-20(30)34-2)22(18)26-14-25-21/h3-12,14H,13H2,1-2H3,(H,28,31)(H,25,26,27). The second-order valence-corrected chi connectivity index (χ2v) is 7.16. The molecule has 0 spiro atoms. The summed E-state index contributed by atoms with van der Waals surface area (Å²) in [7, 11) is 2.80. The van der Waals surface area contributed by atoms with Gasteiger partial charge in [-0.2, -0.15) is 0 Å². The second-order valence-electron chi connectivity index (χ2n) is 7.16. The number of fused-ring (bicyclic) bond motifs is 1. The van der Waals surface area contributed by atoms with E-state index < -0.39 is 17.4 Å². The Morgan fingerprint density at radius 3 is 2.41 bits per heavy atom. The van der Waals surface area contributed by atoms with E-state index in [2.05, 4.69) is 20.6 Å². The summed E-state index contributed by atoms with van der Waals surface area (Å²) < 4.78 is 11.1. The minimum absolute atomic E-state index is 0.0298. The Balaban J connectivity index is 1.81. The molecule has 2 N–H and O–H groups in total. The zero-order chi connectivity index (χ0) is 24.1. The van der Waals surface area contributed by atoms with Gasteiger partial charge in [0.25, 0.3) is 11.5 Å². The first-order valence-electron chi connectivity index (χ1n) is 10.2. The third-order valence-electron chi connectivity index (χ3n) is 5.03. The number of anilines is 3. The molecule has 0 aliphatic carbocycles. The number of pyridine rings is 1. The van der Waals surface area contributed by atoms with Gasteiger partial charge in [-0.1, -0.05) is 18.2 Å². The Bertz CT molecular complexity index is 1400. The lowest BCUT2D eigenvalue weighted by molar-refractivity contribution is -0.141. The fourth-order valence-corrected chi connectivity index (χ4v) is 3.31. The Labute approximate surface area is 194 Å². The molecule has 0 bridgehead atoms. The third kappa shape index (κ3) is 4.70. The van der Waals surface area contributed by atoms with E-state index in [-0.39, 0.29) is 17.9 Å². The summed E-state index contributed by atoms with van der Waals surface area (Å²) in [6.07, 6.45) is 1.28. The summed E-state index contributed by atoms with van der Waals surface area (Å²) in [5.41, 5.74) is 0.664. The van der Waals surface area contributed by atoms with Crippen molar-refractivity contribution in [2.45, 2.75) is 6.54 Å². The van der Waals surface area contributed by atoms with Crippen molar-refractivity contribution in [1.82, 2.24) is 14.5 Å². The first-order chi connectivity index (χ1) is 16.5. The number of esters is 1. The first-order valence-corrected chi connectivity index (χ1v) is 10.2. The number of hydrogen-bond donors (Lipinski definition) is 2. The van der Waals surface area contributed by atoms with Crippen LogP contribution in [0.3, 0.4) is 0 Å². The van der Waals surface area contributed by atoms with Crippen LogP contribution in [0.1, 0.15) is 10.4 Å². The monoisotopic (exact) mass is 459 g/mol. The normalized spacial score (nSPS) is 10.5. The minimum atomic E-state index is -0.641. The molecule has 0 atom stereocenters. The molecule has 172 valence electrons. The van der Waals surface area contributed by atoms with Gasteiger partial charge >= 0.3 is 5.97 Å². The quantitative estimate of drug-likeness (QED) is 0.404. The van der Waals surface area contributed by atoms with Gasteiger partial charge < -0.3 is 20.1 Å². The van der Waals surface area contributed by atoms with Crippen molar-refractivity contribution in [3.63, 3.8) is 0 Å². The van der Waals surface area contributed by atoms with Gasteiger partial charge in [-0.25, -0.2) is 9.97 Å². The van der Waals surface area contributed by atoms with Crippen LogP contribution in [0.5, 0.6) is 5.75 Å². The highest BCUT2D eigenvalue weighted by Gasteiger charge is 2.18. The van der Waals surface area contributed by atoms with Gasteiger partial charge in [0.2, 0.25) is 0 Å². The van der Waals surface area contributed by atoms with Crippen LogP contribution < -0.4 is 20.9 Å². The van der Waals surface area contributed by atoms with E-state index in [1.807, 2.05) is 0 Å². The number of methoxy groups -OCH3 is 2. The molecule has 0 saturated heterocycles. The lowest BCUT2D eigenvalue weighted by Gasteiger charge is -2.15. The number of benzene rings is 2. The van der Waals surface area contributed by atoms with Crippen molar-refractivity contribution in [2.75, 3.05) is 24.9 Å². The Kier molecular flexibility index (Phi) is 6.49. The molecule has 4 rings (SSSR count). The Morgan fingerprint density at radius 2 is 1.74 bits per heavy atom. The lowest BCUT2D eigenvalue weighted by atomic mass is 10.2. The summed E-state index contributed by atoms with van der Waals surface area (Å²) in [4.78, 5) is 46.4. The highest BCUT2D eigenvalue weighted by atomic mass is 16.5. The molecule has 0 radical (unpaired) electrons. The predicted molar refractivity (Wildman–Crippen MR) is 126 cm³/mol. The van der Waals surface area contributed by atoms with Crippen LogP contribution in [-0.4, -0.2) is 40.6 Å². The molecule has 1 amide bonds. The van der Waals surface area contributed by atoms with Crippen molar-refractivity contribution < 1.29 is 19.1 Å². The van der Waals surface area contributed by atoms with E-state index >= 15 is 0 Å². The molecule has 0 fully saturated rings. The predicted octanol–water partition coefficient (Wildman–Crippen LogP) is 2.97. The van der Waals surface area contributed by atoms with Crippen LogP contribution in [0.4, 0.5) is 17.2 Å². The smallest absolute Gasteiger partial charge is 0.325 e. The fourth-order valence-electron chi connectivity index (χ4n) is 3.31. The highest BCUT2D eigenvalue weighted by molar-refractivity contribution is 6.05. The molecular weight excluding hydrogens is 438 g/mol. The van der Waals surface area contributed by atoms with Gasteiger partial charge in [0.1, 0.15) is 35.8 Å². The SMILES string of the molecule is COC(=O)Cn1c(=O)c(NC(=O)c2ccccc2)cc2c(Nc3ccc(OC)cc3)ncnc21. The lowest BCUT2D eigenvalue weighted by Crippen LogP contribution is -2.29. The van der Waals surface area contributed by atoms with E-state index in [0.717, 1.165) is 4.57 Å². The molecule has 0 aliphatic heterocycles. The van der Waals surface area contributed by atoms with Gasteiger partial charge in [-0.05, 0) is 42.5 Å². The molecule has 2 heterocycles. The average molecular weight is 459 g/mol. The maximum absolute atomic E-state index is 13.2. The molecule has 0 unspecified atom stereocenters. The van der Waals surface area contributed by atoms with Crippen LogP contribution in [0.25, 0.3) is 11.0 Å². The fraction of sp³-hybridized carbons (Fsp3) is 0.125. The molecular formula is C24H21N5O5. The van der Waals surface area contributed by atoms with Crippen LogP contribution in [0, 0.1) is 0 Å². The van der Waals surface area contributed by atoms with Crippen LogP contribution >= 0.6 is 0 Å². The molecule has 4 aromatic rings. The molecule has 2 aromatic carbocycles. The Morgan fingerprint density at radius 1 is 1.00 bits per heavy atom. The van der Waals surface area contributed by atoms with Gasteiger partial charge in [0, 0.05) is 11.3 Å². The summed E-state index contributed by atoms with van der Waals surface area (Å²) in [5, 5.41) is 6.23. The van der Waals surface area contributed by atoms with E-state index in [0.29, 0.717) is 28.2 Å². The zero-order valence-corrected chi connectivity index (χ0v) is 18.4. The third-order valence-corrected chi connectivity index (χ3v) is 5.03. The van der Waals surface area contributed by atoms with Gasteiger partial charge in [0.15, 0.2) is 0 Å². The number of aromatic nitrogens is 3. The maximum atomic E-state index is 13.2. The van der Waals surface area contributed by atoms with E-state index in [4.69, 9.17) is 9.47 Å². The minimum Gasteiger partial charge on any atom is -0.497 e. The van der Waals surface area contributed by atoms with Crippen LogP contribution in [-0.2, 0) is 16.1 Å². The van der Waals surface area contributed by atoms with Crippen molar-refractivity contribution in [2.24, 2.45) is 0 Å². The van der Waals surface area contributed by atoms with Gasteiger partial charge in [-0.3, -0.25) is 19.0 Å². The maximum Gasteiger partial charge on any atom is 0.325 e. The van der Waals surface area contributed by atoms with Crippen molar-refractivity contribution in [1.29, 1.82) is 0 Å².